The summed E-state index contributed by atoms with van der Waals surface area (Å²) in [6.45, 7) is 0.0480. The molecule has 7 nitrogen and oxygen atoms in total. The van der Waals surface area contributed by atoms with Gasteiger partial charge in [-0.1, -0.05) is 64.5 Å². The molecule has 0 bridgehead atoms. The van der Waals surface area contributed by atoms with E-state index in [9.17, 15) is 19.8 Å². The van der Waals surface area contributed by atoms with E-state index in [1.54, 1.807) is 30.3 Å². The van der Waals surface area contributed by atoms with Crippen LogP contribution in [0.4, 0.5) is 0 Å². The molecule has 0 heterocycles. The summed E-state index contributed by atoms with van der Waals surface area (Å²) in [5.74, 6) is -1.33. The first-order valence-electron chi connectivity index (χ1n) is 9.71. The topological polar surface area (TPSA) is 96.3 Å². The highest BCUT2D eigenvalue weighted by atomic mass is 79.9. The largest absolute Gasteiger partial charge is 0.508 e. The van der Waals surface area contributed by atoms with Crippen molar-refractivity contribution >= 4 is 27.8 Å². The van der Waals surface area contributed by atoms with Crippen LogP contribution in [0.1, 0.15) is 21.5 Å². The quantitative estimate of drug-likeness (QED) is 0.450. The third kappa shape index (κ3) is 5.79. The van der Waals surface area contributed by atoms with Crippen molar-refractivity contribution in [2.24, 2.45) is 0 Å². The molecule has 0 saturated carbocycles. The Balaban J connectivity index is 1.84. The minimum Gasteiger partial charge on any atom is -0.508 e. The molecule has 3 aromatic rings. The van der Waals surface area contributed by atoms with Crippen LogP contribution in [-0.4, -0.2) is 40.7 Å². The highest BCUT2D eigenvalue weighted by Crippen LogP contribution is 2.35. The normalized spacial score (nSPS) is 10.4. The van der Waals surface area contributed by atoms with Crippen LogP contribution in [0.25, 0.3) is 0 Å². The van der Waals surface area contributed by atoms with Crippen LogP contribution >= 0.6 is 15.9 Å². The van der Waals surface area contributed by atoms with Crippen molar-refractivity contribution in [3.8, 4) is 17.2 Å². The first kappa shape index (κ1) is 23.1. The van der Waals surface area contributed by atoms with Crippen molar-refractivity contribution in [3.63, 3.8) is 0 Å². The van der Waals surface area contributed by atoms with Crippen molar-refractivity contribution < 1.29 is 29.3 Å². The van der Waals surface area contributed by atoms with Gasteiger partial charge < -0.3 is 24.6 Å². The Kier molecular flexibility index (Phi) is 7.72. The van der Waals surface area contributed by atoms with Gasteiger partial charge in [-0.2, -0.15) is 0 Å². The van der Waals surface area contributed by atoms with Crippen molar-refractivity contribution in [2.45, 2.75) is 13.1 Å². The zero-order valence-corrected chi connectivity index (χ0v) is 18.9. The fourth-order valence-corrected chi connectivity index (χ4v) is 3.58. The summed E-state index contributed by atoms with van der Waals surface area (Å²) in [5, 5.41) is 19.7. The van der Waals surface area contributed by atoms with Gasteiger partial charge in [-0.3, -0.25) is 4.79 Å². The Morgan fingerprint density at radius 3 is 2.34 bits per heavy atom. The second kappa shape index (κ2) is 10.7. The van der Waals surface area contributed by atoms with E-state index in [2.05, 4.69) is 15.9 Å². The second-order valence-electron chi connectivity index (χ2n) is 6.94. The Labute approximate surface area is 194 Å². The highest BCUT2D eigenvalue weighted by Gasteiger charge is 2.22. The molecule has 0 atom stereocenters. The number of phenolic OH excluding ortho intramolecular Hbond substituents is 1. The number of carboxylic acids is 1. The smallest absolute Gasteiger partial charge is 0.339 e. The van der Waals surface area contributed by atoms with Crippen LogP contribution in [0.3, 0.4) is 0 Å². The molecule has 0 aliphatic heterocycles. The fraction of sp³-hybridized carbons (Fsp3) is 0.167. The average Bonchev–Trinajstić information content (AvgIpc) is 2.79. The predicted octanol–water partition coefficient (Wildman–Crippen LogP) is 4.47. The summed E-state index contributed by atoms with van der Waals surface area (Å²) in [6.07, 6.45) is 0. The third-order valence-corrected chi connectivity index (χ3v) is 5.19. The Morgan fingerprint density at radius 2 is 1.69 bits per heavy atom. The molecule has 166 valence electrons. The van der Waals surface area contributed by atoms with Gasteiger partial charge in [0.15, 0.2) is 18.1 Å². The Bertz CT molecular complexity index is 1100. The number of phenols is 1. The molecule has 0 spiro atoms. The average molecular weight is 500 g/mol. The maximum Gasteiger partial charge on any atom is 0.339 e. The number of para-hydroxylation sites is 1. The third-order valence-electron chi connectivity index (χ3n) is 4.73. The summed E-state index contributed by atoms with van der Waals surface area (Å²) in [5.41, 5.74) is 1.37. The molecule has 1 amide bonds. The van der Waals surface area contributed by atoms with E-state index in [1.807, 2.05) is 30.3 Å². The van der Waals surface area contributed by atoms with Crippen LogP contribution in [0.5, 0.6) is 17.2 Å². The highest BCUT2D eigenvalue weighted by molar-refractivity contribution is 9.10. The molecule has 0 unspecified atom stereocenters. The maximum atomic E-state index is 13.1. The van der Waals surface area contributed by atoms with Gasteiger partial charge in [-0.15, -0.1) is 0 Å². The van der Waals surface area contributed by atoms with Crippen LogP contribution in [0.15, 0.2) is 71.2 Å². The summed E-state index contributed by atoms with van der Waals surface area (Å²) in [7, 11) is 1.39. The summed E-state index contributed by atoms with van der Waals surface area (Å²) in [6, 6.07) is 19.2. The van der Waals surface area contributed by atoms with Crippen molar-refractivity contribution in [1.29, 1.82) is 0 Å². The molecule has 3 rings (SSSR count). The van der Waals surface area contributed by atoms with Gasteiger partial charge >= 0.3 is 5.97 Å². The number of nitrogens with zero attached hydrogens (tertiary/aromatic N) is 1. The number of carboxylic acid groups (broad SMARTS) is 1. The lowest BCUT2D eigenvalue weighted by molar-refractivity contribution is -0.134. The lowest BCUT2D eigenvalue weighted by Crippen LogP contribution is -2.34. The first-order chi connectivity index (χ1) is 15.4. The predicted molar refractivity (Wildman–Crippen MR) is 122 cm³/mol. The number of amides is 1. The van der Waals surface area contributed by atoms with E-state index in [4.69, 9.17) is 9.47 Å². The number of carbonyl (C=O) groups is 2. The van der Waals surface area contributed by atoms with Crippen molar-refractivity contribution in [2.75, 3.05) is 13.7 Å². The zero-order valence-electron chi connectivity index (χ0n) is 17.3. The number of carbonyl (C=O) groups excluding carboxylic acids is 1. The van der Waals surface area contributed by atoms with Crippen LogP contribution in [0.2, 0.25) is 0 Å². The van der Waals surface area contributed by atoms with E-state index in [0.29, 0.717) is 16.6 Å². The SMILES string of the molecule is COc1cc(Br)cc(C(=O)O)c1OCC(=O)N(Cc1ccccc1)Cc1ccccc1O. The number of hydrogen-bond donors (Lipinski definition) is 2. The van der Waals surface area contributed by atoms with E-state index < -0.39 is 12.6 Å². The molecule has 0 fully saturated rings. The summed E-state index contributed by atoms with van der Waals surface area (Å²) < 4.78 is 11.4. The van der Waals surface area contributed by atoms with E-state index in [-0.39, 0.29) is 35.3 Å². The van der Waals surface area contributed by atoms with Crippen LogP contribution in [-0.2, 0) is 17.9 Å². The number of halogens is 1. The summed E-state index contributed by atoms with van der Waals surface area (Å²) in [4.78, 5) is 26.3. The number of ether oxygens (including phenoxy) is 2. The zero-order chi connectivity index (χ0) is 23.1. The molecule has 0 radical (unpaired) electrons. The molecule has 0 saturated heterocycles. The van der Waals surface area contributed by atoms with Gasteiger partial charge in [0.05, 0.1) is 7.11 Å². The molecule has 32 heavy (non-hydrogen) atoms. The van der Waals surface area contributed by atoms with Crippen LogP contribution < -0.4 is 9.47 Å². The van der Waals surface area contributed by atoms with Crippen molar-refractivity contribution in [3.05, 3.63) is 87.9 Å². The first-order valence-corrected chi connectivity index (χ1v) is 10.5. The maximum absolute atomic E-state index is 13.1. The minimum atomic E-state index is -1.21. The van der Waals surface area contributed by atoms with Gasteiger partial charge in [-0.05, 0) is 23.8 Å². The lowest BCUT2D eigenvalue weighted by atomic mass is 10.1. The molecule has 2 N–H and O–H groups in total. The molecule has 0 aliphatic carbocycles. The van der Waals surface area contributed by atoms with Crippen LogP contribution in [0, 0.1) is 0 Å². The number of hydrogen-bond acceptors (Lipinski definition) is 5. The number of rotatable bonds is 9. The number of aromatic carboxylic acids is 1. The number of benzene rings is 3. The van der Waals surface area contributed by atoms with Gasteiger partial charge in [0.1, 0.15) is 11.3 Å². The monoisotopic (exact) mass is 499 g/mol. The van der Waals surface area contributed by atoms with Gasteiger partial charge in [0.25, 0.3) is 5.91 Å². The fourth-order valence-electron chi connectivity index (χ4n) is 3.14. The van der Waals surface area contributed by atoms with E-state index >= 15 is 0 Å². The lowest BCUT2D eigenvalue weighted by Gasteiger charge is -2.24. The van der Waals surface area contributed by atoms with Crippen molar-refractivity contribution in [1.82, 2.24) is 4.90 Å². The van der Waals surface area contributed by atoms with Gasteiger partial charge in [0.2, 0.25) is 0 Å². The molecule has 8 heteroatoms. The second-order valence-corrected chi connectivity index (χ2v) is 7.86. The minimum absolute atomic E-state index is 0.0289. The molecule has 3 aromatic carbocycles. The molecular formula is C24H22BrNO6. The number of aromatic hydroxyl groups is 1. The standard InChI is InChI=1S/C24H22BrNO6/c1-31-21-12-18(25)11-19(24(29)30)23(21)32-15-22(28)26(13-16-7-3-2-4-8-16)14-17-9-5-6-10-20(17)27/h2-12,27H,13-15H2,1H3,(H,29,30). The van der Waals surface area contributed by atoms with E-state index in [0.717, 1.165) is 5.56 Å². The van der Waals surface area contributed by atoms with Gasteiger partial charge in [-0.25, -0.2) is 4.79 Å². The Morgan fingerprint density at radius 1 is 1.00 bits per heavy atom. The number of methoxy groups -OCH3 is 1. The van der Waals surface area contributed by atoms with E-state index in [1.165, 1.54) is 18.1 Å². The Hall–Kier alpha value is -3.52. The molecule has 0 aliphatic rings. The molecular weight excluding hydrogens is 478 g/mol. The van der Waals surface area contributed by atoms with Gasteiger partial charge in [0, 0.05) is 23.1 Å². The summed E-state index contributed by atoms with van der Waals surface area (Å²) >= 11 is 3.24. The molecule has 0 aromatic heterocycles.